The van der Waals surface area contributed by atoms with Crippen LogP contribution in [0.1, 0.15) is 5.56 Å². The lowest BCUT2D eigenvalue weighted by Gasteiger charge is -1.99. The number of benzene rings is 1. The first kappa shape index (κ1) is 7.75. The summed E-state index contributed by atoms with van der Waals surface area (Å²) in [6.45, 7) is 0.494. The summed E-state index contributed by atoms with van der Waals surface area (Å²) >= 11 is 0. The van der Waals surface area contributed by atoms with E-state index in [4.69, 9.17) is 11.5 Å². The van der Waals surface area contributed by atoms with E-state index in [2.05, 4.69) is 4.99 Å². The molecule has 3 heteroatoms. The molecule has 0 saturated heterocycles. The molecule has 0 saturated carbocycles. The van der Waals surface area contributed by atoms with Crippen LogP contribution >= 0.6 is 0 Å². The standard InChI is InChI=1S/C8H11N3/c9-5-7-3-1-2-4-8(7)11-6-10/h1-4,6H,5,9H2,(H2,10,11). The number of hydrogen-bond acceptors (Lipinski definition) is 2. The van der Waals surface area contributed by atoms with E-state index < -0.39 is 0 Å². The predicted molar refractivity (Wildman–Crippen MR) is 46.7 cm³/mol. The third-order valence-corrected chi connectivity index (χ3v) is 1.43. The second-order valence-electron chi connectivity index (χ2n) is 2.11. The molecule has 3 nitrogen and oxygen atoms in total. The van der Waals surface area contributed by atoms with E-state index in [0.29, 0.717) is 6.54 Å². The third-order valence-electron chi connectivity index (χ3n) is 1.43. The largest absolute Gasteiger partial charge is 0.390 e. The molecule has 0 heterocycles. The Morgan fingerprint density at radius 1 is 1.36 bits per heavy atom. The lowest BCUT2D eigenvalue weighted by Crippen LogP contribution is -1.96. The van der Waals surface area contributed by atoms with Gasteiger partial charge in [-0.1, -0.05) is 18.2 Å². The molecule has 0 amide bonds. The van der Waals surface area contributed by atoms with E-state index in [1.165, 1.54) is 6.34 Å². The van der Waals surface area contributed by atoms with Gasteiger partial charge in [0.25, 0.3) is 0 Å². The average molecular weight is 149 g/mol. The molecule has 0 aliphatic carbocycles. The molecular formula is C8H11N3. The van der Waals surface area contributed by atoms with Crippen molar-refractivity contribution in [1.29, 1.82) is 0 Å². The zero-order chi connectivity index (χ0) is 8.10. The molecule has 0 aliphatic heterocycles. The van der Waals surface area contributed by atoms with Crippen molar-refractivity contribution < 1.29 is 0 Å². The van der Waals surface area contributed by atoms with Gasteiger partial charge in [0, 0.05) is 6.54 Å². The van der Waals surface area contributed by atoms with Crippen LogP contribution in [0.5, 0.6) is 0 Å². The van der Waals surface area contributed by atoms with Gasteiger partial charge in [-0.2, -0.15) is 0 Å². The fourth-order valence-corrected chi connectivity index (χ4v) is 0.890. The fourth-order valence-electron chi connectivity index (χ4n) is 0.890. The number of aliphatic imine (C=N–C) groups is 1. The molecule has 0 aliphatic rings. The van der Waals surface area contributed by atoms with Gasteiger partial charge in [0.05, 0.1) is 12.0 Å². The molecule has 0 unspecified atom stereocenters. The maximum absolute atomic E-state index is 5.47. The van der Waals surface area contributed by atoms with Crippen LogP contribution in [-0.4, -0.2) is 6.34 Å². The minimum atomic E-state index is 0.494. The van der Waals surface area contributed by atoms with Gasteiger partial charge in [-0.15, -0.1) is 0 Å². The van der Waals surface area contributed by atoms with Crippen molar-refractivity contribution >= 4 is 12.0 Å². The van der Waals surface area contributed by atoms with Crippen LogP contribution in [0.4, 0.5) is 5.69 Å². The van der Waals surface area contributed by atoms with E-state index in [-0.39, 0.29) is 0 Å². The van der Waals surface area contributed by atoms with Crippen molar-refractivity contribution in [2.24, 2.45) is 16.5 Å². The predicted octanol–water partition coefficient (Wildman–Crippen LogP) is 0.764. The summed E-state index contributed by atoms with van der Waals surface area (Å²) in [4.78, 5) is 3.95. The number of nitrogens with zero attached hydrogens (tertiary/aromatic N) is 1. The highest BCUT2D eigenvalue weighted by atomic mass is 14.8. The quantitative estimate of drug-likeness (QED) is 0.481. The Hall–Kier alpha value is -1.35. The van der Waals surface area contributed by atoms with Gasteiger partial charge in [0.1, 0.15) is 0 Å². The summed E-state index contributed by atoms with van der Waals surface area (Å²) in [6, 6.07) is 7.65. The second kappa shape index (κ2) is 3.73. The summed E-state index contributed by atoms with van der Waals surface area (Å²) in [5, 5.41) is 0. The van der Waals surface area contributed by atoms with Gasteiger partial charge in [0.15, 0.2) is 0 Å². The minimum Gasteiger partial charge on any atom is -0.390 e. The van der Waals surface area contributed by atoms with Crippen molar-refractivity contribution in [2.45, 2.75) is 6.54 Å². The number of nitrogens with two attached hydrogens (primary N) is 2. The van der Waals surface area contributed by atoms with Crippen LogP contribution in [-0.2, 0) is 6.54 Å². The summed E-state index contributed by atoms with van der Waals surface area (Å²) in [6.07, 6.45) is 1.27. The van der Waals surface area contributed by atoms with E-state index in [0.717, 1.165) is 11.3 Å². The van der Waals surface area contributed by atoms with Crippen LogP contribution in [0, 0.1) is 0 Å². The van der Waals surface area contributed by atoms with Crippen LogP contribution in [0.25, 0.3) is 0 Å². The topological polar surface area (TPSA) is 64.4 Å². The Bertz CT molecular complexity index is 255. The first-order valence-corrected chi connectivity index (χ1v) is 3.40. The zero-order valence-corrected chi connectivity index (χ0v) is 6.20. The number of rotatable bonds is 2. The fraction of sp³-hybridized carbons (Fsp3) is 0.125. The monoisotopic (exact) mass is 149 g/mol. The van der Waals surface area contributed by atoms with Crippen molar-refractivity contribution in [3.63, 3.8) is 0 Å². The van der Waals surface area contributed by atoms with E-state index >= 15 is 0 Å². The van der Waals surface area contributed by atoms with Gasteiger partial charge in [0.2, 0.25) is 0 Å². The maximum Gasteiger partial charge on any atom is 0.0860 e. The normalized spacial score (nSPS) is 10.6. The molecule has 0 fully saturated rings. The first-order valence-electron chi connectivity index (χ1n) is 3.40. The Kier molecular flexibility index (Phi) is 2.63. The van der Waals surface area contributed by atoms with E-state index in [1.807, 2.05) is 24.3 Å². The minimum absolute atomic E-state index is 0.494. The van der Waals surface area contributed by atoms with Gasteiger partial charge < -0.3 is 11.5 Å². The first-order chi connectivity index (χ1) is 5.38. The molecule has 0 atom stereocenters. The lowest BCUT2D eigenvalue weighted by molar-refractivity contribution is 1.07. The van der Waals surface area contributed by atoms with Crippen LogP contribution < -0.4 is 11.5 Å². The van der Waals surface area contributed by atoms with E-state index in [9.17, 15) is 0 Å². The Labute approximate surface area is 65.7 Å². The molecule has 58 valence electrons. The van der Waals surface area contributed by atoms with Gasteiger partial charge in [-0.05, 0) is 11.6 Å². The molecule has 0 radical (unpaired) electrons. The van der Waals surface area contributed by atoms with Crippen molar-refractivity contribution in [1.82, 2.24) is 0 Å². The molecular weight excluding hydrogens is 138 g/mol. The molecule has 1 rings (SSSR count). The second-order valence-corrected chi connectivity index (χ2v) is 2.11. The van der Waals surface area contributed by atoms with Crippen molar-refractivity contribution in [3.8, 4) is 0 Å². The smallest absolute Gasteiger partial charge is 0.0860 e. The van der Waals surface area contributed by atoms with Crippen LogP contribution in [0.2, 0.25) is 0 Å². The van der Waals surface area contributed by atoms with E-state index in [1.54, 1.807) is 0 Å². The van der Waals surface area contributed by atoms with Crippen molar-refractivity contribution in [2.75, 3.05) is 0 Å². The van der Waals surface area contributed by atoms with Crippen LogP contribution in [0.3, 0.4) is 0 Å². The van der Waals surface area contributed by atoms with Gasteiger partial charge >= 0.3 is 0 Å². The molecule has 1 aromatic carbocycles. The summed E-state index contributed by atoms with van der Waals surface area (Å²) < 4.78 is 0. The Morgan fingerprint density at radius 3 is 2.73 bits per heavy atom. The average Bonchev–Trinajstić information content (AvgIpc) is 2.06. The summed E-state index contributed by atoms with van der Waals surface area (Å²) in [7, 11) is 0. The van der Waals surface area contributed by atoms with Gasteiger partial charge in [-0.3, -0.25) is 0 Å². The summed E-state index contributed by atoms with van der Waals surface area (Å²) in [5.41, 5.74) is 12.5. The molecule has 4 N–H and O–H groups in total. The molecule has 11 heavy (non-hydrogen) atoms. The molecule has 0 spiro atoms. The highest BCUT2D eigenvalue weighted by Crippen LogP contribution is 2.16. The van der Waals surface area contributed by atoms with Crippen molar-refractivity contribution in [3.05, 3.63) is 29.8 Å². The van der Waals surface area contributed by atoms with Crippen LogP contribution in [0.15, 0.2) is 29.3 Å². The Balaban J connectivity index is 3.02. The highest BCUT2D eigenvalue weighted by Gasteiger charge is 1.94. The lowest BCUT2D eigenvalue weighted by atomic mass is 10.2. The highest BCUT2D eigenvalue weighted by molar-refractivity contribution is 5.61. The molecule has 0 bridgehead atoms. The Morgan fingerprint density at radius 2 is 2.09 bits per heavy atom. The molecule has 1 aromatic rings. The molecule has 0 aromatic heterocycles. The SMILES string of the molecule is NC=Nc1ccccc1CN. The number of hydrogen-bond donors (Lipinski definition) is 2. The number of para-hydroxylation sites is 1. The summed E-state index contributed by atoms with van der Waals surface area (Å²) in [5.74, 6) is 0. The van der Waals surface area contributed by atoms with Gasteiger partial charge in [-0.25, -0.2) is 4.99 Å². The maximum atomic E-state index is 5.47. The zero-order valence-electron chi connectivity index (χ0n) is 6.20. The third kappa shape index (κ3) is 1.78.